The molecule has 1 fully saturated rings. The third-order valence-corrected chi connectivity index (χ3v) is 7.38. The Morgan fingerprint density at radius 2 is 1.76 bits per heavy atom. The molecule has 3 aromatic rings. The third kappa shape index (κ3) is 4.34. The van der Waals surface area contributed by atoms with Crippen LogP contribution in [0, 0.1) is 6.92 Å². The second kappa shape index (κ2) is 8.44. The number of thiophene rings is 1. The average molecular weight is 473 g/mol. The Hall–Kier alpha value is -2.94. The smallest absolute Gasteiger partial charge is 0.368 e. The van der Waals surface area contributed by atoms with Crippen LogP contribution in [-0.2, 0) is 12.6 Å². The Labute approximate surface area is 193 Å². The van der Waals surface area contributed by atoms with E-state index in [1.54, 1.807) is 17.4 Å². The van der Waals surface area contributed by atoms with E-state index >= 15 is 0 Å². The van der Waals surface area contributed by atoms with Crippen molar-refractivity contribution >= 4 is 28.8 Å². The molecule has 1 aliphatic carbocycles. The minimum atomic E-state index is -4.36. The molecule has 0 radical (unpaired) electrons. The van der Waals surface area contributed by atoms with Crippen LogP contribution in [0.15, 0.2) is 41.8 Å². The van der Waals surface area contributed by atoms with Crippen LogP contribution in [0.4, 0.5) is 24.8 Å². The normalized spacial score (nSPS) is 19.0. The summed E-state index contributed by atoms with van der Waals surface area (Å²) in [6, 6.07) is 9.51. The Morgan fingerprint density at radius 1 is 1.00 bits per heavy atom. The maximum Gasteiger partial charge on any atom is 0.416 e. The lowest BCUT2D eigenvalue weighted by molar-refractivity contribution is -0.137. The highest BCUT2D eigenvalue weighted by Crippen LogP contribution is 2.36. The van der Waals surface area contributed by atoms with Crippen LogP contribution in [0.25, 0.3) is 0 Å². The number of benzene rings is 1. The van der Waals surface area contributed by atoms with Crippen molar-refractivity contribution in [1.29, 1.82) is 0 Å². The molecule has 0 bridgehead atoms. The first-order chi connectivity index (χ1) is 15.8. The second-order valence-electron chi connectivity index (χ2n) is 8.50. The number of fused-ring (bicyclic) bond motifs is 1. The van der Waals surface area contributed by atoms with Gasteiger partial charge in [-0.3, -0.25) is 4.79 Å². The molecule has 0 N–H and O–H groups in total. The number of rotatable bonds is 3. The molecule has 2 aromatic heterocycles. The Morgan fingerprint density at radius 3 is 2.45 bits per heavy atom. The van der Waals surface area contributed by atoms with Crippen molar-refractivity contribution in [1.82, 2.24) is 9.97 Å². The van der Waals surface area contributed by atoms with Crippen LogP contribution in [0.1, 0.15) is 44.5 Å². The van der Waals surface area contributed by atoms with Gasteiger partial charge in [0.25, 0.3) is 0 Å². The zero-order valence-corrected chi connectivity index (χ0v) is 18.9. The van der Waals surface area contributed by atoms with Crippen LogP contribution in [0.5, 0.6) is 0 Å². The molecule has 9 heteroatoms. The van der Waals surface area contributed by atoms with E-state index in [1.165, 1.54) is 17.0 Å². The highest BCUT2D eigenvalue weighted by Gasteiger charge is 2.33. The van der Waals surface area contributed by atoms with Crippen LogP contribution in [-0.4, -0.2) is 41.9 Å². The molecule has 2 aliphatic rings. The maximum atomic E-state index is 13.1. The number of carbonyl (C=O) groups is 1. The number of carbonyl (C=O) groups excluding carboxylic acids is 1. The fourth-order valence-electron chi connectivity index (χ4n) is 4.67. The summed E-state index contributed by atoms with van der Waals surface area (Å²) in [7, 11) is 0. The summed E-state index contributed by atoms with van der Waals surface area (Å²) in [5, 5.41) is 2.02. The van der Waals surface area contributed by atoms with Gasteiger partial charge in [-0.25, -0.2) is 9.97 Å². The summed E-state index contributed by atoms with van der Waals surface area (Å²) < 4.78 is 39.2. The fourth-order valence-corrected chi connectivity index (χ4v) is 5.50. The number of nitrogens with zero attached hydrogens (tertiary/aromatic N) is 4. The number of aromatic nitrogens is 2. The molecular formula is C24H23F3N4OS. The van der Waals surface area contributed by atoms with Gasteiger partial charge in [-0.15, -0.1) is 11.3 Å². The van der Waals surface area contributed by atoms with Gasteiger partial charge < -0.3 is 9.80 Å². The van der Waals surface area contributed by atoms with Crippen LogP contribution < -0.4 is 9.80 Å². The number of halogens is 3. The van der Waals surface area contributed by atoms with Gasteiger partial charge in [0.1, 0.15) is 0 Å². The number of hydrogen-bond acceptors (Lipinski definition) is 6. The van der Waals surface area contributed by atoms with E-state index < -0.39 is 11.7 Å². The topological polar surface area (TPSA) is 49.3 Å². The van der Waals surface area contributed by atoms with Gasteiger partial charge in [0, 0.05) is 49.1 Å². The van der Waals surface area contributed by atoms with E-state index in [0.717, 1.165) is 11.8 Å². The molecule has 5 nitrogen and oxygen atoms in total. The first kappa shape index (κ1) is 21.9. The van der Waals surface area contributed by atoms with Crippen LogP contribution in [0.2, 0.25) is 0 Å². The molecule has 0 spiro atoms. The molecule has 172 valence electrons. The summed E-state index contributed by atoms with van der Waals surface area (Å²) >= 11 is 1.66. The first-order valence-corrected chi connectivity index (χ1v) is 11.8. The van der Waals surface area contributed by atoms with Crippen molar-refractivity contribution in [3.8, 4) is 0 Å². The maximum absolute atomic E-state index is 13.1. The highest BCUT2D eigenvalue weighted by atomic mass is 32.1. The first-order valence-electron chi connectivity index (χ1n) is 10.9. The highest BCUT2D eigenvalue weighted by molar-refractivity contribution is 7.10. The number of hydrogen-bond donors (Lipinski definition) is 0. The van der Waals surface area contributed by atoms with Gasteiger partial charge in [0.2, 0.25) is 5.95 Å². The third-order valence-electron chi connectivity index (χ3n) is 6.35. The number of piperazine rings is 1. The number of aryl methyl sites for hydroxylation is 1. The van der Waals surface area contributed by atoms with Crippen LogP contribution >= 0.6 is 11.3 Å². The molecule has 0 amide bonds. The monoisotopic (exact) mass is 472 g/mol. The number of alkyl halides is 3. The fraction of sp³-hybridized carbons (Fsp3) is 0.375. The van der Waals surface area contributed by atoms with Gasteiger partial charge in [-0.05, 0) is 43.0 Å². The molecule has 1 aliphatic heterocycles. The lowest BCUT2D eigenvalue weighted by atomic mass is 9.84. The molecule has 33 heavy (non-hydrogen) atoms. The summed E-state index contributed by atoms with van der Waals surface area (Å²) in [5.41, 5.74) is 2.07. The Bertz CT molecular complexity index is 1170. The molecule has 0 saturated carbocycles. The molecule has 1 saturated heterocycles. The average Bonchev–Trinajstić information content (AvgIpc) is 3.33. The largest absolute Gasteiger partial charge is 0.416 e. The summed E-state index contributed by atoms with van der Waals surface area (Å²) in [5.74, 6) is 0.826. The quantitative estimate of drug-likeness (QED) is 0.531. The van der Waals surface area contributed by atoms with Crippen molar-refractivity contribution in [2.45, 2.75) is 31.9 Å². The minimum Gasteiger partial charge on any atom is -0.368 e. The summed E-state index contributed by atoms with van der Waals surface area (Å²) in [6.07, 6.45) is -3.17. The molecule has 1 unspecified atom stereocenters. The molecule has 1 atom stereocenters. The number of ketones is 1. The SMILES string of the molecule is Cc1nc(N2CCN(c3cccc(C(F)(F)F)c3)CC2)nc2c1C(=O)CC(c1cccs1)C2. The van der Waals surface area contributed by atoms with E-state index in [0.29, 0.717) is 61.9 Å². The van der Waals surface area contributed by atoms with Gasteiger partial charge in [-0.1, -0.05) is 12.1 Å². The van der Waals surface area contributed by atoms with E-state index in [-0.39, 0.29) is 11.7 Å². The van der Waals surface area contributed by atoms with E-state index in [1.807, 2.05) is 23.3 Å². The van der Waals surface area contributed by atoms with Crippen molar-refractivity contribution in [3.63, 3.8) is 0 Å². The summed E-state index contributed by atoms with van der Waals surface area (Å²) in [4.78, 5) is 27.4. The molecular weight excluding hydrogens is 449 g/mol. The van der Waals surface area contributed by atoms with Crippen molar-refractivity contribution < 1.29 is 18.0 Å². The lowest BCUT2D eigenvalue weighted by Crippen LogP contribution is -2.47. The predicted octanol–water partition coefficient (Wildman–Crippen LogP) is 5.10. The van der Waals surface area contributed by atoms with E-state index in [2.05, 4.69) is 16.0 Å². The standard InChI is InChI=1S/C24H23F3N4OS/c1-15-22-19(12-16(13-20(22)32)21-6-3-11-33-21)29-23(28-15)31-9-7-30(8-10-31)18-5-2-4-17(14-18)24(25,26)27/h2-6,11,14,16H,7-10,12-13H2,1H3. The minimum absolute atomic E-state index is 0.0908. The number of Topliss-reactive ketones (excluding diaryl/α,β-unsaturated/α-hetero) is 1. The van der Waals surface area contributed by atoms with E-state index in [4.69, 9.17) is 4.98 Å². The zero-order chi connectivity index (χ0) is 23.2. The summed E-state index contributed by atoms with van der Waals surface area (Å²) in [6.45, 7) is 4.18. The van der Waals surface area contributed by atoms with Crippen molar-refractivity contribution in [2.75, 3.05) is 36.0 Å². The van der Waals surface area contributed by atoms with Gasteiger partial charge in [0.05, 0.1) is 22.5 Å². The molecule has 5 rings (SSSR count). The van der Waals surface area contributed by atoms with Gasteiger partial charge in [-0.2, -0.15) is 13.2 Å². The zero-order valence-electron chi connectivity index (χ0n) is 18.1. The number of anilines is 2. The van der Waals surface area contributed by atoms with Gasteiger partial charge >= 0.3 is 6.18 Å². The van der Waals surface area contributed by atoms with Crippen molar-refractivity contribution in [3.05, 3.63) is 69.2 Å². The van der Waals surface area contributed by atoms with Crippen molar-refractivity contribution in [2.24, 2.45) is 0 Å². The Balaban J connectivity index is 1.33. The molecule has 3 heterocycles. The second-order valence-corrected chi connectivity index (χ2v) is 9.48. The Kier molecular flexibility index (Phi) is 5.60. The predicted molar refractivity (Wildman–Crippen MR) is 122 cm³/mol. The van der Waals surface area contributed by atoms with Gasteiger partial charge in [0.15, 0.2) is 5.78 Å². The lowest BCUT2D eigenvalue weighted by Gasteiger charge is -2.37. The molecule has 1 aromatic carbocycles. The van der Waals surface area contributed by atoms with E-state index in [9.17, 15) is 18.0 Å². The van der Waals surface area contributed by atoms with Crippen LogP contribution in [0.3, 0.4) is 0 Å².